The highest BCUT2D eigenvalue weighted by molar-refractivity contribution is 7.71. The maximum absolute atomic E-state index is 12.5. The number of nitrogens with zero attached hydrogens (tertiary/aromatic N) is 2. The lowest BCUT2D eigenvalue weighted by Gasteiger charge is -2.10. The van der Waals surface area contributed by atoms with E-state index in [0.717, 1.165) is 28.2 Å². The number of ether oxygens (including phenoxy) is 2. The lowest BCUT2D eigenvalue weighted by Crippen LogP contribution is -2.24. The van der Waals surface area contributed by atoms with E-state index in [1.54, 1.807) is 7.11 Å². The molecule has 35 heavy (non-hydrogen) atoms. The first-order chi connectivity index (χ1) is 17.0. The van der Waals surface area contributed by atoms with Crippen LogP contribution < -0.4 is 14.8 Å². The van der Waals surface area contributed by atoms with Crippen molar-refractivity contribution in [1.29, 1.82) is 0 Å². The standard InChI is InChI=1S/C27H28N4O3S/c1-19-4-3-5-21(16-19)18-34-24-10-6-20(7-11-24)17-28-25(32)14-15-31-26(29-30-27(31)35)22-8-12-23(33-2)13-9-22/h3-13,16H,14-15,17-18H2,1-2H3,(H,28,32)(H,30,35). The maximum Gasteiger partial charge on any atom is 0.222 e. The Labute approximate surface area is 209 Å². The van der Waals surface area contributed by atoms with Crippen LogP contribution in [-0.4, -0.2) is 27.8 Å². The van der Waals surface area contributed by atoms with Crippen LogP contribution in [0.2, 0.25) is 0 Å². The van der Waals surface area contributed by atoms with E-state index in [1.165, 1.54) is 5.56 Å². The number of carbonyl (C=O) groups excluding carboxylic acids is 1. The van der Waals surface area contributed by atoms with Gasteiger partial charge in [0.25, 0.3) is 0 Å². The molecular formula is C27H28N4O3S. The van der Waals surface area contributed by atoms with Crippen molar-refractivity contribution in [1.82, 2.24) is 20.1 Å². The second-order valence-corrected chi connectivity index (χ2v) is 8.57. The number of H-pyrrole nitrogens is 1. The van der Waals surface area contributed by atoms with Crippen LogP contribution >= 0.6 is 12.2 Å². The van der Waals surface area contributed by atoms with Crippen molar-refractivity contribution in [3.63, 3.8) is 0 Å². The molecule has 4 rings (SSSR count). The molecule has 0 atom stereocenters. The molecule has 2 N–H and O–H groups in total. The SMILES string of the molecule is COc1ccc(-c2n[nH]c(=S)n2CCC(=O)NCc2ccc(OCc3cccc(C)c3)cc2)cc1. The monoisotopic (exact) mass is 488 g/mol. The minimum atomic E-state index is -0.0615. The van der Waals surface area contributed by atoms with Gasteiger partial charge in [-0.1, -0.05) is 42.0 Å². The fraction of sp³-hybridized carbons (Fsp3) is 0.222. The molecule has 0 radical (unpaired) electrons. The second kappa shape index (κ2) is 11.5. The normalized spacial score (nSPS) is 10.7. The number of amides is 1. The van der Waals surface area contributed by atoms with Gasteiger partial charge in [0.2, 0.25) is 5.91 Å². The highest BCUT2D eigenvalue weighted by atomic mass is 32.1. The maximum atomic E-state index is 12.5. The number of aromatic nitrogens is 3. The number of nitrogens with one attached hydrogen (secondary N) is 2. The summed E-state index contributed by atoms with van der Waals surface area (Å²) in [6.07, 6.45) is 0.286. The van der Waals surface area contributed by atoms with Gasteiger partial charge in [0.1, 0.15) is 18.1 Å². The van der Waals surface area contributed by atoms with E-state index in [9.17, 15) is 4.79 Å². The minimum Gasteiger partial charge on any atom is -0.497 e. The summed E-state index contributed by atoms with van der Waals surface area (Å²) < 4.78 is 13.4. The predicted molar refractivity (Wildman–Crippen MR) is 138 cm³/mol. The average molecular weight is 489 g/mol. The van der Waals surface area contributed by atoms with Crippen molar-refractivity contribution in [3.05, 3.63) is 94.3 Å². The number of carbonyl (C=O) groups is 1. The molecule has 0 unspecified atom stereocenters. The van der Waals surface area contributed by atoms with Crippen molar-refractivity contribution < 1.29 is 14.3 Å². The molecule has 0 aliphatic carbocycles. The van der Waals surface area contributed by atoms with Crippen molar-refractivity contribution >= 4 is 18.1 Å². The van der Waals surface area contributed by atoms with E-state index >= 15 is 0 Å². The third-order valence-electron chi connectivity index (χ3n) is 5.57. The molecule has 7 nitrogen and oxygen atoms in total. The Hall–Kier alpha value is -3.91. The average Bonchev–Trinajstić information content (AvgIpc) is 3.25. The molecule has 8 heteroatoms. The lowest BCUT2D eigenvalue weighted by molar-refractivity contribution is -0.121. The van der Waals surface area contributed by atoms with Crippen LogP contribution in [0, 0.1) is 11.7 Å². The molecular weight excluding hydrogens is 460 g/mol. The van der Waals surface area contributed by atoms with E-state index in [4.69, 9.17) is 21.7 Å². The van der Waals surface area contributed by atoms with Crippen LogP contribution in [0.4, 0.5) is 0 Å². The van der Waals surface area contributed by atoms with E-state index in [2.05, 4.69) is 34.6 Å². The molecule has 3 aromatic carbocycles. The van der Waals surface area contributed by atoms with Crippen LogP contribution in [0.25, 0.3) is 11.4 Å². The van der Waals surface area contributed by atoms with Gasteiger partial charge in [0, 0.05) is 25.1 Å². The van der Waals surface area contributed by atoms with Crippen LogP contribution in [0.3, 0.4) is 0 Å². The molecule has 0 saturated heterocycles. The first-order valence-corrected chi connectivity index (χ1v) is 11.8. The summed E-state index contributed by atoms with van der Waals surface area (Å²) in [6.45, 7) is 3.45. The molecule has 0 spiro atoms. The number of aromatic amines is 1. The van der Waals surface area contributed by atoms with Crippen molar-refractivity contribution in [3.8, 4) is 22.9 Å². The van der Waals surface area contributed by atoms with Gasteiger partial charge in [-0.3, -0.25) is 14.5 Å². The molecule has 0 fully saturated rings. The van der Waals surface area contributed by atoms with Gasteiger partial charge in [0.05, 0.1) is 7.11 Å². The molecule has 0 saturated carbocycles. The largest absolute Gasteiger partial charge is 0.497 e. The van der Waals surface area contributed by atoms with Crippen molar-refractivity contribution in [2.75, 3.05) is 7.11 Å². The zero-order valence-electron chi connectivity index (χ0n) is 19.8. The smallest absolute Gasteiger partial charge is 0.222 e. The number of aryl methyl sites for hydroxylation is 1. The molecule has 1 heterocycles. The number of benzene rings is 3. The Kier molecular flexibility index (Phi) is 7.95. The Morgan fingerprint density at radius 3 is 2.49 bits per heavy atom. The first kappa shape index (κ1) is 24.2. The van der Waals surface area contributed by atoms with E-state index in [-0.39, 0.29) is 12.3 Å². The van der Waals surface area contributed by atoms with Crippen LogP contribution in [0.5, 0.6) is 11.5 Å². The van der Waals surface area contributed by atoms with E-state index < -0.39 is 0 Å². The van der Waals surface area contributed by atoms with Gasteiger partial charge in [-0.25, -0.2) is 0 Å². The fourth-order valence-corrected chi connectivity index (χ4v) is 3.88. The zero-order valence-corrected chi connectivity index (χ0v) is 20.6. The zero-order chi connectivity index (χ0) is 24.6. The number of hydrogen-bond donors (Lipinski definition) is 2. The van der Waals surface area contributed by atoms with Crippen LogP contribution in [0.15, 0.2) is 72.8 Å². The summed E-state index contributed by atoms with van der Waals surface area (Å²) in [6, 6.07) is 23.6. The first-order valence-electron chi connectivity index (χ1n) is 11.4. The van der Waals surface area contributed by atoms with Gasteiger partial charge < -0.3 is 14.8 Å². The lowest BCUT2D eigenvalue weighted by atomic mass is 10.1. The summed E-state index contributed by atoms with van der Waals surface area (Å²) in [5.74, 6) is 2.18. The van der Waals surface area contributed by atoms with Crippen LogP contribution in [-0.2, 0) is 24.5 Å². The fourth-order valence-electron chi connectivity index (χ4n) is 3.66. The Morgan fingerprint density at radius 2 is 1.77 bits per heavy atom. The molecule has 4 aromatic rings. The van der Waals surface area contributed by atoms with E-state index in [1.807, 2.05) is 65.2 Å². The number of rotatable bonds is 10. The highest BCUT2D eigenvalue weighted by Crippen LogP contribution is 2.21. The second-order valence-electron chi connectivity index (χ2n) is 8.18. The van der Waals surface area contributed by atoms with Crippen molar-refractivity contribution in [2.45, 2.75) is 33.0 Å². The molecule has 0 aliphatic heterocycles. The Morgan fingerprint density at radius 1 is 1.03 bits per heavy atom. The van der Waals surface area contributed by atoms with Gasteiger partial charge in [-0.2, -0.15) is 5.10 Å². The topological polar surface area (TPSA) is 81.2 Å². The summed E-state index contributed by atoms with van der Waals surface area (Å²) in [7, 11) is 1.62. The third kappa shape index (κ3) is 6.58. The van der Waals surface area contributed by atoms with Crippen LogP contribution in [0.1, 0.15) is 23.1 Å². The summed E-state index contributed by atoms with van der Waals surface area (Å²) in [5.41, 5.74) is 4.24. The highest BCUT2D eigenvalue weighted by Gasteiger charge is 2.11. The van der Waals surface area contributed by atoms with Gasteiger partial charge in [0.15, 0.2) is 10.6 Å². The molecule has 1 amide bonds. The molecule has 0 aliphatic rings. The third-order valence-corrected chi connectivity index (χ3v) is 5.88. The summed E-state index contributed by atoms with van der Waals surface area (Å²) in [5, 5.41) is 10.1. The number of hydrogen-bond acceptors (Lipinski definition) is 5. The number of methoxy groups -OCH3 is 1. The van der Waals surface area contributed by atoms with E-state index in [0.29, 0.717) is 30.3 Å². The van der Waals surface area contributed by atoms with Crippen molar-refractivity contribution in [2.24, 2.45) is 0 Å². The van der Waals surface area contributed by atoms with Gasteiger partial charge >= 0.3 is 0 Å². The van der Waals surface area contributed by atoms with Gasteiger partial charge in [-0.15, -0.1) is 0 Å². The summed E-state index contributed by atoms with van der Waals surface area (Å²) >= 11 is 5.36. The quantitative estimate of drug-likeness (QED) is 0.300. The Balaban J connectivity index is 1.27. The van der Waals surface area contributed by atoms with Gasteiger partial charge in [-0.05, 0) is 66.7 Å². The Bertz CT molecular complexity index is 1330. The molecule has 180 valence electrons. The minimum absolute atomic E-state index is 0.0615. The predicted octanol–water partition coefficient (Wildman–Crippen LogP) is 5.21. The summed E-state index contributed by atoms with van der Waals surface area (Å²) in [4.78, 5) is 12.5. The molecule has 1 aromatic heterocycles. The molecule has 0 bridgehead atoms.